The number of non-ortho nitro benzene ring substituents is 1. The summed E-state index contributed by atoms with van der Waals surface area (Å²) in [4.78, 5) is 40.9. The molecule has 0 aliphatic heterocycles. The number of methoxy groups -OCH3 is 1. The van der Waals surface area contributed by atoms with Crippen LogP contribution in [0.2, 0.25) is 0 Å². The third-order valence-electron chi connectivity index (χ3n) is 5.23. The summed E-state index contributed by atoms with van der Waals surface area (Å²) in [5, 5.41) is 18.4. The molecule has 3 aromatic carbocycles. The number of thiazole rings is 1. The first-order valence-corrected chi connectivity index (χ1v) is 12.8. The maximum Gasteiger partial charge on any atom is 0.269 e. The summed E-state index contributed by atoms with van der Waals surface area (Å²) in [6, 6.07) is 20.0. The van der Waals surface area contributed by atoms with Crippen molar-refractivity contribution in [2.24, 2.45) is 0 Å². The standard InChI is InChI=1S/C26H22N4O5S2/c1-16(24(31)29-26-28-22(15-36-26)21-8-3-4-9-23(21)35-2)37-20-7-5-6-18(14-20)27-25(32)17-10-12-19(13-11-17)30(33)34/h3-16H,1-2H3,(H,27,32)(H,28,29,31). The molecule has 188 valence electrons. The van der Waals surface area contributed by atoms with Gasteiger partial charge in [0.05, 0.1) is 23.0 Å². The van der Waals surface area contributed by atoms with Crippen LogP contribution in [0.15, 0.2) is 83.1 Å². The lowest BCUT2D eigenvalue weighted by molar-refractivity contribution is -0.384. The van der Waals surface area contributed by atoms with Gasteiger partial charge in [0.25, 0.3) is 11.6 Å². The molecular weight excluding hydrogens is 512 g/mol. The number of nitrogens with zero attached hydrogens (tertiary/aromatic N) is 2. The third-order valence-corrected chi connectivity index (χ3v) is 7.08. The molecular formula is C26H22N4O5S2. The fourth-order valence-corrected chi connectivity index (χ4v) is 5.00. The highest BCUT2D eigenvalue weighted by Gasteiger charge is 2.18. The van der Waals surface area contributed by atoms with E-state index in [2.05, 4.69) is 15.6 Å². The highest BCUT2D eigenvalue weighted by Crippen LogP contribution is 2.32. The molecule has 4 aromatic rings. The van der Waals surface area contributed by atoms with Gasteiger partial charge < -0.3 is 15.4 Å². The molecule has 11 heteroatoms. The zero-order valence-corrected chi connectivity index (χ0v) is 21.5. The number of para-hydroxylation sites is 1. The van der Waals surface area contributed by atoms with Crippen LogP contribution in [0.3, 0.4) is 0 Å². The molecule has 0 saturated carbocycles. The lowest BCUT2D eigenvalue weighted by Gasteiger charge is -2.12. The Bertz CT molecular complexity index is 1440. The van der Waals surface area contributed by atoms with E-state index >= 15 is 0 Å². The smallest absolute Gasteiger partial charge is 0.269 e. The number of hydrogen-bond donors (Lipinski definition) is 2. The fourth-order valence-electron chi connectivity index (χ4n) is 3.36. The van der Waals surface area contributed by atoms with E-state index in [1.807, 2.05) is 35.7 Å². The SMILES string of the molecule is COc1ccccc1-c1csc(NC(=O)C(C)Sc2cccc(NC(=O)c3ccc([N+](=O)[O-])cc3)c2)n1. The van der Waals surface area contributed by atoms with Crippen LogP contribution in [0.5, 0.6) is 5.75 Å². The topological polar surface area (TPSA) is 123 Å². The highest BCUT2D eigenvalue weighted by molar-refractivity contribution is 8.00. The second-order valence-corrected chi connectivity index (χ2v) is 10.0. The first kappa shape index (κ1) is 25.9. The Morgan fingerprint density at radius 2 is 1.81 bits per heavy atom. The van der Waals surface area contributed by atoms with E-state index in [-0.39, 0.29) is 11.6 Å². The Labute approximate surface area is 221 Å². The van der Waals surface area contributed by atoms with Gasteiger partial charge in [-0.15, -0.1) is 23.1 Å². The van der Waals surface area contributed by atoms with Gasteiger partial charge in [-0.25, -0.2) is 4.98 Å². The number of nitro groups is 1. The van der Waals surface area contributed by atoms with Crippen LogP contribution >= 0.6 is 23.1 Å². The van der Waals surface area contributed by atoms with Gasteiger partial charge in [-0.05, 0) is 49.4 Å². The highest BCUT2D eigenvalue weighted by atomic mass is 32.2. The van der Waals surface area contributed by atoms with Crippen LogP contribution in [-0.4, -0.2) is 34.1 Å². The van der Waals surface area contributed by atoms with Crippen LogP contribution < -0.4 is 15.4 Å². The molecule has 2 N–H and O–H groups in total. The van der Waals surface area contributed by atoms with Gasteiger partial charge in [-0.3, -0.25) is 19.7 Å². The summed E-state index contributed by atoms with van der Waals surface area (Å²) in [5.74, 6) is 0.110. The summed E-state index contributed by atoms with van der Waals surface area (Å²) in [7, 11) is 1.60. The van der Waals surface area contributed by atoms with E-state index in [1.54, 1.807) is 32.2 Å². The van der Waals surface area contributed by atoms with Crippen molar-refractivity contribution in [3.8, 4) is 17.0 Å². The number of nitro benzene ring substituents is 1. The number of rotatable bonds is 9. The van der Waals surface area contributed by atoms with Gasteiger partial charge in [0.1, 0.15) is 5.75 Å². The van der Waals surface area contributed by atoms with Crippen molar-refractivity contribution in [1.82, 2.24) is 4.98 Å². The van der Waals surface area contributed by atoms with Crippen molar-refractivity contribution in [3.05, 3.63) is 93.9 Å². The predicted molar refractivity (Wildman–Crippen MR) is 146 cm³/mol. The number of anilines is 2. The number of carbonyl (C=O) groups excluding carboxylic acids is 2. The minimum Gasteiger partial charge on any atom is -0.496 e. The average molecular weight is 535 g/mol. The van der Waals surface area contributed by atoms with E-state index in [9.17, 15) is 19.7 Å². The largest absolute Gasteiger partial charge is 0.496 e. The molecule has 4 rings (SSSR count). The Kier molecular flexibility index (Phi) is 8.16. The fraction of sp³-hybridized carbons (Fsp3) is 0.115. The van der Waals surface area contributed by atoms with Gasteiger partial charge in [0, 0.05) is 39.2 Å². The lowest BCUT2D eigenvalue weighted by Crippen LogP contribution is -2.22. The first-order valence-electron chi connectivity index (χ1n) is 11.1. The van der Waals surface area contributed by atoms with Gasteiger partial charge >= 0.3 is 0 Å². The molecule has 1 heterocycles. The Hall–Kier alpha value is -4.22. The van der Waals surface area contributed by atoms with Crippen LogP contribution in [0.1, 0.15) is 17.3 Å². The van der Waals surface area contributed by atoms with Crippen LogP contribution in [0.25, 0.3) is 11.3 Å². The molecule has 2 amide bonds. The second-order valence-electron chi connectivity index (χ2n) is 7.77. The zero-order chi connectivity index (χ0) is 26.4. The molecule has 37 heavy (non-hydrogen) atoms. The molecule has 0 bridgehead atoms. The molecule has 0 saturated heterocycles. The third kappa shape index (κ3) is 6.51. The molecule has 0 spiro atoms. The Morgan fingerprint density at radius 3 is 2.54 bits per heavy atom. The molecule has 0 radical (unpaired) electrons. The molecule has 9 nitrogen and oxygen atoms in total. The summed E-state index contributed by atoms with van der Waals surface area (Å²) in [6.45, 7) is 1.79. The molecule has 1 atom stereocenters. The van der Waals surface area contributed by atoms with Crippen molar-refractivity contribution in [1.29, 1.82) is 0 Å². The normalized spacial score (nSPS) is 11.4. The lowest BCUT2D eigenvalue weighted by atomic mass is 10.1. The summed E-state index contributed by atoms with van der Waals surface area (Å²) in [6.07, 6.45) is 0. The predicted octanol–water partition coefficient (Wildman–Crippen LogP) is 6.10. The van der Waals surface area contributed by atoms with Gasteiger partial charge in [0.2, 0.25) is 5.91 Å². The minimum absolute atomic E-state index is 0.0871. The van der Waals surface area contributed by atoms with E-state index in [0.717, 1.165) is 16.2 Å². The maximum atomic E-state index is 12.8. The number of ether oxygens (including phenoxy) is 1. The summed E-state index contributed by atoms with van der Waals surface area (Å²) >= 11 is 2.67. The number of nitrogens with one attached hydrogen (secondary N) is 2. The summed E-state index contributed by atoms with van der Waals surface area (Å²) < 4.78 is 5.39. The van der Waals surface area contributed by atoms with Gasteiger partial charge in [-0.2, -0.15) is 0 Å². The number of thioether (sulfide) groups is 1. The molecule has 0 aliphatic carbocycles. The van der Waals surface area contributed by atoms with Gasteiger partial charge in [-0.1, -0.05) is 18.2 Å². The molecule has 0 fully saturated rings. The Morgan fingerprint density at radius 1 is 1.05 bits per heavy atom. The van der Waals surface area contributed by atoms with Crippen molar-refractivity contribution in [2.45, 2.75) is 17.1 Å². The monoisotopic (exact) mass is 534 g/mol. The first-order chi connectivity index (χ1) is 17.8. The zero-order valence-electron chi connectivity index (χ0n) is 19.8. The van der Waals surface area contributed by atoms with E-state index in [1.165, 1.54) is 47.4 Å². The Balaban J connectivity index is 1.36. The van der Waals surface area contributed by atoms with Crippen molar-refractivity contribution in [2.75, 3.05) is 17.7 Å². The van der Waals surface area contributed by atoms with Gasteiger partial charge in [0.15, 0.2) is 5.13 Å². The quantitative estimate of drug-likeness (QED) is 0.151. The van der Waals surface area contributed by atoms with E-state index in [4.69, 9.17) is 4.74 Å². The molecule has 1 unspecified atom stereocenters. The van der Waals surface area contributed by atoms with E-state index in [0.29, 0.717) is 22.1 Å². The number of carbonyl (C=O) groups is 2. The van der Waals surface area contributed by atoms with Crippen molar-refractivity contribution in [3.63, 3.8) is 0 Å². The van der Waals surface area contributed by atoms with Crippen molar-refractivity contribution < 1.29 is 19.2 Å². The maximum absolute atomic E-state index is 12.8. The van der Waals surface area contributed by atoms with E-state index < -0.39 is 16.1 Å². The second kappa shape index (κ2) is 11.7. The summed E-state index contributed by atoms with van der Waals surface area (Å²) in [5.41, 5.74) is 2.32. The molecule has 0 aliphatic rings. The van der Waals surface area contributed by atoms with Crippen molar-refractivity contribution >= 4 is 51.4 Å². The van der Waals surface area contributed by atoms with Crippen LogP contribution in [0.4, 0.5) is 16.5 Å². The average Bonchev–Trinajstić information content (AvgIpc) is 3.37. The number of aromatic nitrogens is 1. The number of hydrogen-bond acceptors (Lipinski definition) is 8. The number of benzene rings is 3. The van der Waals surface area contributed by atoms with Crippen LogP contribution in [0, 0.1) is 10.1 Å². The minimum atomic E-state index is -0.520. The molecule has 1 aromatic heterocycles. The number of amides is 2. The van der Waals surface area contributed by atoms with Crippen LogP contribution in [-0.2, 0) is 4.79 Å².